The molecule has 238 valence electrons. The van der Waals surface area contributed by atoms with E-state index < -0.39 is 59.5 Å². The third-order valence-electron chi connectivity index (χ3n) is 7.50. The fourth-order valence-corrected chi connectivity index (χ4v) is 5.08. The van der Waals surface area contributed by atoms with Gasteiger partial charge in [0.1, 0.15) is 17.8 Å². The number of amides is 3. The molecule has 1 aliphatic carbocycles. The predicted octanol–water partition coefficient (Wildman–Crippen LogP) is 4.73. The van der Waals surface area contributed by atoms with Crippen LogP contribution >= 0.6 is 11.6 Å². The third kappa shape index (κ3) is 9.09. The second kappa shape index (κ2) is 14.8. The second-order valence-electron chi connectivity index (χ2n) is 11.3. The number of hydrogen-bond acceptors (Lipinski definition) is 5. The van der Waals surface area contributed by atoms with Gasteiger partial charge in [0.25, 0.3) is 5.91 Å². The molecule has 1 unspecified atom stereocenters. The van der Waals surface area contributed by atoms with Crippen LogP contribution in [0.4, 0.5) is 13.2 Å². The van der Waals surface area contributed by atoms with Gasteiger partial charge in [0.05, 0.1) is 13.2 Å². The SMILES string of the molecule is COC1=CCC(C)([C@H](NC(=O)[C@H](Cc2cccc(Cl)c2)NC(=O)c2ccccc2)C(=O)N[C@@H](C(C)C)[C@H](O)C(F)(F)F)C=C1. The number of nitrogens with one attached hydrogen (secondary N) is 3. The van der Waals surface area contributed by atoms with E-state index >= 15 is 0 Å². The van der Waals surface area contributed by atoms with Gasteiger partial charge in [-0.1, -0.05) is 68.8 Å². The maximum Gasteiger partial charge on any atom is 0.416 e. The first-order valence-corrected chi connectivity index (χ1v) is 14.4. The Morgan fingerprint density at radius 1 is 1.02 bits per heavy atom. The summed E-state index contributed by atoms with van der Waals surface area (Å²) in [5.41, 5.74) is -0.195. The molecule has 0 saturated heterocycles. The van der Waals surface area contributed by atoms with Gasteiger partial charge in [-0.2, -0.15) is 13.2 Å². The van der Waals surface area contributed by atoms with Gasteiger partial charge in [0, 0.05) is 22.4 Å². The highest BCUT2D eigenvalue weighted by Crippen LogP contribution is 2.34. The molecule has 4 N–H and O–H groups in total. The van der Waals surface area contributed by atoms with Gasteiger partial charge >= 0.3 is 6.18 Å². The standard InChI is InChI=1S/C32H37ClF3N3O5/c1-19(2)25(27(40)32(34,35)36)38-30(43)26(31(3)15-13-23(44-4)14-16-31)39-29(42)24(18-20-9-8-12-22(33)17-20)37-28(41)21-10-6-5-7-11-21/h5-15,17,19,24-27,40H,16,18H2,1-4H3,(H,37,41)(H,38,43)(H,39,42)/t24-,25-,26+,27-,31?/m0/s1. The molecule has 0 fully saturated rings. The number of rotatable bonds is 12. The molecule has 2 aromatic rings. The molecule has 0 saturated carbocycles. The summed E-state index contributed by atoms with van der Waals surface area (Å²) in [6.07, 6.45) is -2.71. The molecule has 0 bridgehead atoms. The molecule has 8 nitrogen and oxygen atoms in total. The molecule has 44 heavy (non-hydrogen) atoms. The van der Waals surface area contributed by atoms with Crippen LogP contribution in [0.25, 0.3) is 0 Å². The summed E-state index contributed by atoms with van der Waals surface area (Å²) in [6, 6.07) is 10.6. The Morgan fingerprint density at radius 3 is 2.25 bits per heavy atom. The Balaban J connectivity index is 1.97. The first-order valence-electron chi connectivity index (χ1n) is 14.0. The number of hydrogen-bond donors (Lipinski definition) is 4. The van der Waals surface area contributed by atoms with E-state index in [2.05, 4.69) is 16.0 Å². The van der Waals surface area contributed by atoms with Crippen LogP contribution in [-0.4, -0.2) is 60.3 Å². The normalized spacial score (nSPS) is 19.3. The summed E-state index contributed by atoms with van der Waals surface area (Å²) in [5, 5.41) is 18.2. The number of methoxy groups -OCH3 is 1. The van der Waals surface area contributed by atoms with Gasteiger partial charge in [0.15, 0.2) is 6.10 Å². The molecule has 5 atom stereocenters. The minimum Gasteiger partial charge on any atom is -0.497 e. The maximum absolute atomic E-state index is 13.9. The van der Waals surface area contributed by atoms with Gasteiger partial charge in [-0.3, -0.25) is 14.4 Å². The van der Waals surface area contributed by atoms with E-state index in [1.54, 1.807) is 79.7 Å². The molecule has 0 aromatic heterocycles. The van der Waals surface area contributed by atoms with Gasteiger partial charge in [-0.15, -0.1) is 0 Å². The van der Waals surface area contributed by atoms with E-state index in [0.29, 0.717) is 21.9 Å². The second-order valence-corrected chi connectivity index (χ2v) is 11.7. The van der Waals surface area contributed by atoms with Crippen molar-refractivity contribution < 1.29 is 37.4 Å². The predicted molar refractivity (Wildman–Crippen MR) is 161 cm³/mol. The van der Waals surface area contributed by atoms with Crippen LogP contribution in [0.2, 0.25) is 5.02 Å². The lowest BCUT2D eigenvalue weighted by atomic mass is 9.75. The van der Waals surface area contributed by atoms with Crippen LogP contribution in [0, 0.1) is 11.3 Å². The van der Waals surface area contributed by atoms with Crippen molar-refractivity contribution in [1.29, 1.82) is 0 Å². The molecule has 2 aromatic carbocycles. The van der Waals surface area contributed by atoms with E-state index in [1.165, 1.54) is 21.0 Å². The fourth-order valence-electron chi connectivity index (χ4n) is 4.87. The zero-order valence-corrected chi connectivity index (χ0v) is 25.6. The van der Waals surface area contributed by atoms with Crippen LogP contribution in [0.15, 0.2) is 78.6 Å². The van der Waals surface area contributed by atoms with Crippen LogP contribution in [0.3, 0.4) is 0 Å². The van der Waals surface area contributed by atoms with E-state index in [9.17, 15) is 32.7 Å². The Bertz CT molecular complexity index is 1380. The topological polar surface area (TPSA) is 117 Å². The summed E-state index contributed by atoms with van der Waals surface area (Å²) in [4.78, 5) is 40.8. The Labute approximate surface area is 259 Å². The zero-order valence-electron chi connectivity index (χ0n) is 24.8. The van der Waals surface area contributed by atoms with E-state index in [0.717, 1.165) is 0 Å². The van der Waals surface area contributed by atoms with E-state index in [4.69, 9.17) is 16.3 Å². The average Bonchev–Trinajstić information content (AvgIpc) is 2.97. The van der Waals surface area contributed by atoms with Crippen molar-refractivity contribution in [3.8, 4) is 0 Å². The molecule has 12 heteroatoms. The molecule has 1 aliphatic rings. The summed E-state index contributed by atoms with van der Waals surface area (Å²) in [5.74, 6) is -2.52. The molecule has 3 amide bonds. The van der Waals surface area contributed by atoms with E-state index in [-0.39, 0.29) is 12.8 Å². The number of benzene rings is 2. The molecule has 0 heterocycles. The number of aliphatic hydroxyl groups is 1. The first kappa shape index (κ1) is 34.7. The largest absolute Gasteiger partial charge is 0.497 e. The smallest absolute Gasteiger partial charge is 0.416 e. The third-order valence-corrected chi connectivity index (χ3v) is 7.74. The summed E-state index contributed by atoms with van der Waals surface area (Å²) < 4.78 is 45.7. The molecular formula is C32H37ClF3N3O5. The number of ether oxygens (including phenoxy) is 1. The quantitative estimate of drug-likeness (QED) is 0.269. The molecule has 0 radical (unpaired) electrons. The first-order chi connectivity index (χ1) is 20.6. The highest BCUT2D eigenvalue weighted by molar-refractivity contribution is 6.30. The number of carbonyl (C=O) groups is 3. The molecular weight excluding hydrogens is 599 g/mol. The van der Waals surface area contributed by atoms with Crippen molar-refractivity contribution in [2.75, 3.05) is 7.11 Å². The van der Waals surface area contributed by atoms with Gasteiger partial charge in [-0.25, -0.2) is 0 Å². The minimum atomic E-state index is -4.99. The lowest BCUT2D eigenvalue weighted by Gasteiger charge is -2.38. The zero-order chi connectivity index (χ0) is 32.7. The van der Waals surface area contributed by atoms with Gasteiger partial charge < -0.3 is 25.8 Å². The Kier molecular flexibility index (Phi) is 11.6. The van der Waals surface area contributed by atoms with Gasteiger partial charge in [-0.05, 0) is 54.3 Å². The number of alkyl halides is 3. The molecule has 3 rings (SSSR count). The van der Waals surface area contributed by atoms with Crippen LogP contribution in [-0.2, 0) is 20.7 Å². The van der Waals surface area contributed by atoms with Crippen molar-refractivity contribution in [3.05, 3.63) is 94.7 Å². The van der Waals surface area contributed by atoms with Crippen molar-refractivity contribution in [2.24, 2.45) is 11.3 Å². The van der Waals surface area contributed by atoms with E-state index in [1.807, 2.05) is 0 Å². The number of carbonyl (C=O) groups excluding carboxylic acids is 3. The number of halogens is 4. The van der Waals surface area contributed by atoms with Crippen LogP contribution in [0.5, 0.6) is 0 Å². The Morgan fingerprint density at radius 2 is 1.70 bits per heavy atom. The number of aliphatic hydroxyl groups excluding tert-OH is 1. The molecule has 0 aliphatic heterocycles. The van der Waals surface area contributed by atoms with Crippen molar-refractivity contribution in [2.45, 2.75) is 64.0 Å². The number of allylic oxidation sites excluding steroid dienone is 2. The summed E-state index contributed by atoms with van der Waals surface area (Å²) in [6.45, 7) is 4.53. The summed E-state index contributed by atoms with van der Waals surface area (Å²) >= 11 is 6.15. The molecule has 0 spiro atoms. The maximum atomic E-state index is 13.9. The highest BCUT2D eigenvalue weighted by atomic mass is 35.5. The lowest BCUT2D eigenvalue weighted by molar-refractivity contribution is -0.215. The highest BCUT2D eigenvalue weighted by Gasteiger charge is 2.47. The lowest BCUT2D eigenvalue weighted by Crippen LogP contribution is -2.62. The van der Waals surface area contributed by atoms with Crippen molar-refractivity contribution >= 4 is 29.3 Å². The average molecular weight is 636 g/mol. The van der Waals surface area contributed by atoms with Gasteiger partial charge in [0.2, 0.25) is 11.8 Å². The van der Waals surface area contributed by atoms with Crippen molar-refractivity contribution in [1.82, 2.24) is 16.0 Å². The Hall–Kier alpha value is -3.83. The van der Waals surface area contributed by atoms with Crippen LogP contribution in [0.1, 0.15) is 43.1 Å². The minimum absolute atomic E-state index is 0.000984. The fraction of sp³-hybridized carbons (Fsp3) is 0.406. The monoisotopic (exact) mass is 635 g/mol. The van der Waals surface area contributed by atoms with Crippen LogP contribution < -0.4 is 16.0 Å². The summed E-state index contributed by atoms with van der Waals surface area (Å²) in [7, 11) is 1.46. The van der Waals surface area contributed by atoms with Crippen molar-refractivity contribution in [3.63, 3.8) is 0 Å².